The van der Waals surface area contributed by atoms with Gasteiger partial charge in [0.05, 0.1) is 11.7 Å². The number of hydrogen-bond acceptors (Lipinski definition) is 2. The summed E-state index contributed by atoms with van der Waals surface area (Å²) in [5.74, 6) is 0.370. The Morgan fingerprint density at radius 1 is 1.24 bits per heavy atom. The van der Waals surface area contributed by atoms with E-state index in [1.807, 2.05) is 0 Å². The summed E-state index contributed by atoms with van der Waals surface area (Å²) in [6, 6.07) is 2.58. The van der Waals surface area contributed by atoms with E-state index in [1.54, 1.807) is 6.92 Å². The molecule has 0 bridgehead atoms. The number of halogens is 2. The molecule has 1 unspecified atom stereocenters. The average molecular weight is 260 g/mol. The van der Waals surface area contributed by atoms with Crippen molar-refractivity contribution in [1.29, 1.82) is 0 Å². The van der Waals surface area contributed by atoms with Crippen molar-refractivity contribution < 1.29 is 13.9 Å². The highest BCUT2D eigenvalue weighted by molar-refractivity contribution is 7.99. The predicted octanol–water partition coefficient (Wildman–Crippen LogP) is 3.70. The van der Waals surface area contributed by atoms with Crippen molar-refractivity contribution in [3.8, 4) is 0 Å². The Labute approximate surface area is 105 Å². The van der Waals surface area contributed by atoms with Crippen molar-refractivity contribution >= 4 is 11.8 Å². The fraction of sp³-hybridized carbons (Fsp3) is 0.538. The molecule has 1 aromatic carbocycles. The SMILES string of the molecule is Cc1ccc(F)c(C(O)CSCC(C)C)c1F. The molecule has 96 valence electrons. The Morgan fingerprint density at radius 2 is 1.88 bits per heavy atom. The summed E-state index contributed by atoms with van der Waals surface area (Å²) in [7, 11) is 0. The quantitative estimate of drug-likeness (QED) is 0.871. The normalized spacial score (nSPS) is 13.1. The number of hydrogen-bond donors (Lipinski definition) is 1. The highest BCUT2D eigenvalue weighted by Gasteiger charge is 2.19. The van der Waals surface area contributed by atoms with Crippen LogP contribution >= 0.6 is 11.8 Å². The number of aliphatic hydroxyl groups is 1. The van der Waals surface area contributed by atoms with E-state index in [0.717, 1.165) is 5.75 Å². The van der Waals surface area contributed by atoms with Crippen LogP contribution in [-0.4, -0.2) is 16.6 Å². The lowest BCUT2D eigenvalue weighted by Crippen LogP contribution is -2.09. The second-order valence-corrected chi connectivity index (χ2v) is 5.61. The summed E-state index contributed by atoms with van der Waals surface area (Å²) in [4.78, 5) is 0. The van der Waals surface area contributed by atoms with Gasteiger partial charge in [-0.3, -0.25) is 0 Å². The van der Waals surface area contributed by atoms with E-state index < -0.39 is 17.7 Å². The first kappa shape index (κ1) is 14.5. The van der Waals surface area contributed by atoms with Crippen molar-refractivity contribution in [2.45, 2.75) is 26.9 Å². The molecule has 0 spiro atoms. The van der Waals surface area contributed by atoms with Crippen molar-refractivity contribution in [2.24, 2.45) is 5.92 Å². The molecule has 0 heterocycles. The van der Waals surface area contributed by atoms with Crippen molar-refractivity contribution in [1.82, 2.24) is 0 Å². The second kappa shape index (κ2) is 6.36. The highest BCUT2D eigenvalue weighted by atomic mass is 32.2. The molecule has 1 nitrogen and oxygen atoms in total. The lowest BCUT2D eigenvalue weighted by Gasteiger charge is -2.14. The molecule has 0 fully saturated rings. The van der Waals surface area contributed by atoms with Gasteiger partial charge >= 0.3 is 0 Å². The first-order chi connectivity index (χ1) is 7.93. The Balaban J connectivity index is 2.74. The third-order valence-corrected chi connectivity index (χ3v) is 3.83. The molecule has 1 aromatic rings. The zero-order chi connectivity index (χ0) is 13.0. The van der Waals surface area contributed by atoms with Gasteiger partial charge in [0.15, 0.2) is 0 Å². The Morgan fingerprint density at radius 3 is 2.47 bits per heavy atom. The molecule has 0 amide bonds. The molecule has 0 radical (unpaired) electrons. The van der Waals surface area contributed by atoms with E-state index in [1.165, 1.54) is 23.9 Å². The fourth-order valence-corrected chi connectivity index (χ4v) is 2.48. The van der Waals surface area contributed by atoms with Crippen molar-refractivity contribution in [3.05, 3.63) is 34.9 Å². The van der Waals surface area contributed by atoms with Crippen LogP contribution < -0.4 is 0 Å². The monoisotopic (exact) mass is 260 g/mol. The van der Waals surface area contributed by atoms with Crippen LogP contribution in [0.5, 0.6) is 0 Å². The molecule has 1 atom stereocenters. The smallest absolute Gasteiger partial charge is 0.134 e. The largest absolute Gasteiger partial charge is 0.387 e. The first-order valence-corrected chi connectivity index (χ1v) is 6.79. The van der Waals surface area contributed by atoms with Crippen LogP contribution in [0.15, 0.2) is 12.1 Å². The van der Waals surface area contributed by atoms with Gasteiger partial charge in [-0.05, 0) is 30.2 Å². The molecular formula is C13H18F2OS. The van der Waals surface area contributed by atoms with Crippen LogP contribution in [0.3, 0.4) is 0 Å². The molecular weight excluding hydrogens is 242 g/mol. The predicted molar refractivity (Wildman–Crippen MR) is 68.2 cm³/mol. The van der Waals surface area contributed by atoms with E-state index >= 15 is 0 Å². The highest BCUT2D eigenvalue weighted by Crippen LogP contribution is 2.26. The van der Waals surface area contributed by atoms with Crippen molar-refractivity contribution in [3.63, 3.8) is 0 Å². The summed E-state index contributed by atoms with van der Waals surface area (Å²) in [5, 5.41) is 9.82. The van der Waals surface area contributed by atoms with Crippen LogP contribution in [-0.2, 0) is 0 Å². The van der Waals surface area contributed by atoms with E-state index in [2.05, 4.69) is 13.8 Å². The standard InChI is InChI=1S/C13H18F2OS/c1-8(2)6-17-7-11(16)12-10(14)5-4-9(3)13(12)15/h4-5,8,11,16H,6-7H2,1-3H3. The van der Waals surface area contributed by atoms with Gasteiger partial charge in [-0.1, -0.05) is 19.9 Å². The molecule has 0 aromatic heterocycles. The summed E-state index contributed by atoms with van der Waals surface area (Å²) >= 11 is 1.50. The Bertz CT molecular complexity index is 380. The third-order valence-electron chi connectivity index (χ3n) is 2.38. The van der Waals surface area contributed by atoms with Gasteiger partial charge in [0.2, 0.25) is 0 Å². The van der Waals surface area contributed by atoms with Gasteiger partial charge in [-0.2, -0.15) is 11.8 Å². The lowest BCUT2D eigenvalue weighted by molar-refractivity contribution is 0.193. The average Bonchev–Trinajstić information content (AvgIpc) is 2.23. The molecule has 4 heteroatoms. The molecule has 0 aliphatic heterocycles. The van der Waals surface area contributed by atoms with Crippen LogP contribution in [0.2, 0.25) is 0 Å². The third kappa shape index (κ3) is 3.96. The van der Waals surface area contributed by atoms with Gasteiger partial charge in [-0.25, -0.2) is 8.78 Å². The summed E-state index contributed by atoms with van der Waals surface area (Å²) in [6.07, 6.45) is -1.08. The maximum Gasteiger partial charge on any atom is 0.134 e. The Kier molecular flexibility index (Phi) is 5.40. The Hall–Kier alpha value is -0.610. The summed E-state index contributed by atoms with van der Waals surface area (Å²) in [6.45, 7) is 5.69. The lowest BCUT2D eigenvalue weighted by atomic mass is 10.1. The van der Waals surface area contributed by atoms with Gasteiger partial charge in [0.25, 0.3) is 0 Å². The van der Waals surface area contributed by atoms with E-state index in [0.29, 0.717) is 17.2 Å². The van der Waals surface area contributed by atoms with Crippen LogP contribution in [0, 0.1) is 24.5 Å². The number of aliphatic hydroxyl groups excluding tert-OH is 1. The maximum atomic E-state index is 13.7. The molecule has 1 N–H and O–H groups in total. The molecule has 0 saturated carbocycles. The first-order valence-electron chi connectivity index (χ1n) is 5.63. The number of aryl methyl sites for hydroxylation is 1. The van der Waals surface area contributed by atoms with Gasteiger partial charge in [0.1, 0.15) is 11.6 Å². The van der Waals surface area contributed by atoms with Crippen LogP contribution in [0.1, 0.15) is 31.1 Å². The fourth-order valence-electron chi connectivity index (χ4n) is 1.48. The second-order valence-electron chi connectivity index (χ2n) is 4.54. The van der Waals surface area contributed by atoms with E-state index in [-0.39, 0.29) is 5.56 Å². The summed E-state index contributed by atoms with van der Waals surface area (Å²) < 4.78 is 27.1. The van der Waals surface area contributed by atoms with Gasteiger partial charge < -0.3 is 5.11 Å². The molecule has 0 aliphatic rings. The minimum atomic E-state index is -1.08. The van der Waals surface area contributed by atoms with E-state index in [4.69, 9.17) is 0 Å². The zero-order valence-corrected chi connectivity index (χ0v) is 11.2. The van der Waals surface area contributed by atoms with Crippen molar-refractivity contribution in [2.75, 3.05) is 11.5 Å². The maximum absolute atomic E-state index is 13.7. The number of benzene rings is 1. The molecule has 17 heavy (non-hydrogen) atoms. The van der Waals surface area contributed by atoms with E-state index in [9.17, 15) is 13.9 Å². The van der Waals surface area contributed by atoms with Crippen LogP contribution in [0.4, 0.5) is 8.78 Å². The molecule has 0 saturated heterocycles. The molecule has 0 aliphatic carbocycles. The minimum absolute atomic E-state index is 0.207. The summed E-state index contributed by atoms with van der Waals surface area (Å²) in [5.41, 5.74) is 0.149. The topological polar surface area (TPSA) is 20.2 Å². The molecule has 1 rings (SSSR count). The van der Waals surface area contributed by atoms with Gasteiger partial charge in [0, 0.05) is 5.75 Å². The minimum Gasteiger partial charge on any atom is -0.387 e. The number of rotatable bonds is 5. The van der Waals surface area contributed by atoms with Gasteiger partial charge in [-0.15, -0.1) is 0 Å². The van der Waals surface area contributed by atoms with Crippen LogP contribution in [0.25, 0.3) is 0 Å². The zero-order valence-electron chi connectivity index (χ0n) is 10.3. The number of thioether (sulfide) groups is 1.